The number of carbonyl (C=O) groups is 1. The van der Waals surface area contributed by atoms with E-state index in [-0.39, 0.29) is 0 Å². The van der Waals surface area contributed by atoms with Gasteiger partial charge in [0.25, 0.3) is 0 Å². The molecule has 0 unspecified atom stereocenters. The van der Waals surface area contributed by atoms with Gasteiger partial charge in [-0.3, -0.25) is 9.69 Å². The number of amides is 1. The highest BCUT2D eigenvalue weighted by atomic mass is 16.1. The van der Waals surface area contributed by atoms with E-state index < -0.39 is 5.91 Å². The van der Waals surface area contributed by atoms with Gasteiger partial charge in [-0.2, -0.15) is 0 Å². The molecular formula is C27H26N4O. The van der Waals surface area contributed by atoms with Crippen molar-refractivity contribution in [3.8, 4) is 11.3 Å². The van der Waals surface area contributed by atoms with Gasteiger partial charge < -0.3 is 11.1 Å². The van der Waals surface area contributed by atoms with Crippen LogP contribution in [0.15, 0.2) is 78.9 Å². The zero-order chi connectivity index (χ0) is 21.9. The van der Waals surface area contributed by atoms with Gasteiger partial charge in [0.2, 0.25) is 5.91 Å². The van der Waals surface area contributed by atoms with Crippen LogP contribution in [0, 0.1) is 0 Å². The van der Waals surface area contributed by atoms with E-state index in [1.54, 1.807) is 12.1 Å². The molecule has 160 valence electrons. The smallest absolute Gasteiger partial charge is 0.248 e. The van der Waals surface area contributed by atoms with Gasteiger partial charge in [-0.1, -0.05) is 42.5 Å². The monoisotopic (exact) mass is 422 g/mol. The second-order valence-electron chi connectivity index (χ2n) is 8.32. The van der Waals surface area contributed by atoms with Gasteiger partial charge in [0.15, 0.2) is 0 Å². The first-order chi connectivity index (χ1) is 15.7. The molecule has 3 N–H and O–H groups in total. The summed E-state index contributed by atoms with van der Waals surface area (Å²) in [7, 11) is 0. The maximum absolute atomic E-state index is 11.4. The number of pyridine rings is 1. The molecule has 0 radical (unpaired) electrons. The number of nitrogens with one attached hydrogen (secondary N) is 1. The first kappa shape index (κ1) is 20.2. The number of hydrogen-bond acceptors (Lipinski definition) is 4. The van der Waals surface area contributed by atoms with Crippen LogP contribution in [0.25, 0.3) is 22.2 Å². The fourth-order valence-corrected chi connectivity index (χ4v) is 4.33. The minimum absolute atomic E-state index is 0.431. The molecule has 4 aromatic rings. The first-order valence-corrected chi connectivity index (χ1v) is 11.0. The summed E-state index contributed by atoms with van der Waals surface area (Å²) in [6.45, 7) is 3.36. The van der Waals surface area contributed by atoms with Crippen molar-refractivity contribution in [1.82, 2.24) is 9.88 Å². The lowest BCUT2D eigenvalue weighted by Gasteiger charge is -2.16. The highest BCUT2D eigenvalue weighted by molar-refractivity contribution is 5.96. The van der Waals surface area contributed by atoms with Crippen LogP contribution in [0.5, 0.6) is 0 Å². The summed E-state index contributed by atoms with van der Waals surface area (Å²) in [5, 5.41) is 4.68. The predicted molar refractivity (Wildman–Crippen MR) is 130 cm³/mol. The quantitative estimate of drug-likeness (QED) is 0.440. The van der Waals surface area contributed by atoms with Crippen molar-refractivity contribution >= 4 is 28.2 Å². The lowest BCUT2D eigenvalue weighted by atomic mass is 10.1. The Kier molecular flexibility index (Phi) is 5.57. The third-order valence-corrected chi connectivity index (χ3v) is 5.99. The van der Waals surface area contributed by atoms with Crippen molar-refractivity contribution in [3.63, 3.8) is 0 Å². The maximum atomic E-state index is 11.4. The largest absolute Gasteiger partial charge is 0.366 e. The highest BCUT2D eigenvalue weighted by Gasteiger charge is 2.13. The molecule has 1 aliphatic heterocycles. The third kappa shape index (κ3) is 4.34. The number of aromatic nitrogens is 1. The van der Waals surface area contributed by atoms with Gasteiger partial charge in [0, 0.05) is 28.7 Å². The van der Waals surface area contributed by atoms with Crippen molar-refractivity contribution < 1.29 is 4.79 Å². The Bertz CT molecular complexity index is 1260. The van der Waals surface area contributed by atoms with Crippen LogP contribution in [0.1, 0.15) is 28.8 Å². The molecule has 1 aliphatic rings. The molecule has 3 aromatic carbocycles. The van der Waals surface area contributed by atoms with E-state index in [0.29, 0.717) is 5.56 Å². The molecule has 5 heteroatoms. The molecule has 0 aliphatic carbocycles. The van der Waals surface area contributed by atoms with E-state index in [2.05, 4.69) is 46.6 Å². The van der Waals surface area contributed by atoms with Crippen molar-refractivity contribution in [1.29, 1.82) is 0 Å². The van der Waals surface area contributed by atoms with Crippen LogP contribution in [-0.2, 0) is 6.54 Å². The van der Waals surface area contributed by atoms with Crippen LogP contribution in [-0.4, -0.2) is 28.9 Å². The highest BCUT2D eigenvalue weighted by Crippen LogP contribution is 2.31. The predicted octanol–water partition coefficient (Wildman–Crippen LogP) is 5.34. The Balaban J connectivity index is 1.48. The van der Waals surface area contributed by atoms with Gasteiger partial charge in [0.05, 0.1) is 16.9 Å². The Hall–Kier alpha value is -3.70. The summed E-state index contributed by atoms with van der Waals surface area (Å²) in [5.74, 6) is -0.431. The Morgan fingerprint density at radius 1 is 0.938 bits per heavy atom. The van der Waals surface area contributed by atoms with Crippen LogP contribution in [0.4, 0.5) is 11.4 Å². The fourth-order valence-electron chi connectivity index (χ4n) is 4.33. The molecular weight excluding hydrogens is 396 g/mol. The molecule has 1 fully saturated rings. The van der Waals surface area contributed by atoms with Crippen LogP contribution >= 0.6 is 0 Å². The number of hydrogen-bond donors (Lipinski definition) is 2. The number of benzene rings is 3. The van der Waals surface area contributed by atoms with E-state index in [1.807, 2.05) is 30.3 Å². The number of para-hydroxylation sites is 1. The van der Waals surface area contributed by atoms with Crippen LogP contribution in [0.2, 0.25) is 0 Å². The number of primary amides is 1. The van der Waals surface area contributed by atoms with Crippen LogP contribution < -0.4 is 11.1 Å². The summed E-state index contributed by atoms with van der Waals surface area (Å²) in [4.78, 5) is 18.8. The number of likely N-dealkylation sites (tertiary alicyclic amines) is 1. The number of rotatable bonds is 6. The van der Waals surface area contributed by atoms with Gasteiger partial charge in [0.1, 0.15) is 0 Å². The van der Waals surface area contributed by atoms with Crippen molar-refractivity contribution in [2.75, 3.05) is 18.4 Å². The fraction of sp³-hybridized carbons (Fsp3) is 0.185. The molecule has 1 aromatic heterocycles. The lowest BCUT2D eigenvalue weighted by Crippen LogP contribution is -2.18. The molecule has 32 heavy (non-hydrogen) atoms. The van der Waals surface area contributed by atoms with E-state index in [1.165, 1.54) is 31.5 Å². The second kappa shape index (κ2) is 8.81. The summed E-state index contributed by atoms with van der Waals surface area (Å²) in [5.41, 5.74) is 12.0. The maximum Gasteiger partial charge on any atom is 0.248 e. The SMILES string of the molecule is NC(=O)c1ccc(-c2cc(Nc3cccc(CN4CCCC4)c3)c3ccccc3n2)cc1. The van der Waals surface area contributed by atoms with Crippen molar-refractivity contribution in [2.24, 2.45) is 5.73 Å². The molecule has 5 rings (SSSR count). The molecule has 0 spiro atoms. The molecule has 2 heterocycles. The Morgan fingerprint density at radius 2 is 1.72 bits per heavy atom. The average molecular weight is 423 g/mol. The molecule has 1 saturated heterocycles. The number of carbonyl (C=O) groups excluding carboxylic acids is 1. The van der Waals surface area contributed by atoms with Gasteiger partial charge >= 0.3 is 0 Å². The third-order valence-electron chi connectivity index (χ3n) is 5.99. The van der Waals surface area contributed by atoms with E-state index in [4.69, 9.17) is 10.7 Å². The molecule has 0 saturated carbocycles. The normalized spacial score (nSPS) is 14.0. The Morgan fingerprint density at radius 3 is 2.50 bits per heavy atom. The van der Waals surface area contributed by atoms with E-state index in [9.17, 15) is 4.79 Å². The van der Waals surface area contributed by atoms with Crippen LogP contribution in [0.3, 0.4) is 0 Å². The minimum atomic E-state index is -0.431. The first-order valence-electron chi connectivity index (χ1n) is 11.0. The zero-order valence-corrected chi connectivity index (χ0v) is 17.9. The minimum Gasteiger partial charge on any atom is -0.366 e. The van der Waals surface area contributed by atoms with Gasteiger partial charge in [-0.05, 0) is 67.9 Å². The number of anilines is 2. The van der Waals surface area contributed by atoms with Gasteiger partial charge in [-0.25, -0.2) is 4.98 Å². The molecule has 0 atom stereocenters. The van der Waals surface area contributed by atoms with E-state index in [0.717, 1.165) is 40.1 Å². The summed E-state index contributed by atoms with van der Waals surface area (Å²) in [6.07, 6.45) is 2.59. The zero-order valence-electron chi connectivity index (χ0n) is 17.9. The number of nitrogens with zero attached hydrogens (tertiary/aromatic N) is 2. The summed E-state index contributed by atoms with van der Waals surface area (Å²) < 4.78 is 0. The number of nitrogens with two attached hydrogens (primary N) is 1. The standard InChI is InChI=1S/C27H26N4O/c28-27(32)21-12-10-20(11-13-21)25-17-26(23-8-1-2-9-24(23)30-25)29-22-7-5-6-19(16-22)18-31-14-3-4-15-31/h1-2,5-13,16-17H,3-4,14-15,18H2,(H2,28,32)(H,29,30). The van der Waals surface area contributed by atoms with Crippen molar-refractivity contribution in [2.45, 2.75) is 19.4 Å². The topological polar surface area (TPSA) is 71.2 Å². The average Bonchev–Trinajstić information content (AvgIpc) is 3.32. The molecule has 1 amide bonds. The molecule has 0 bridgehead atoms. The summed E-state index contributed by atoms with van der Waals surface area (Å²) >= 11 is 0. The number of fused-ring (bicyclic) bond motifs is 1. The van der Waals surface area contributed by atoms with E-state index >= 15 is 0 Å². The molecule has 5 nitrogen and oxygen atoms in total. The Labute approximate surface area is 187 Å². The second-order valence-corrected chi connectivity index (χ2v) is 8.32. The summed E-state index contributed by atoms with van der Waals surface area (Å²) in [6, 6.07) is 26.1. The lowest BCUT2D eigenvalue weighted by molar-refractivity contribution is 0.100. The van der Waals surface area contributed by atoms with Gasteiger partial charge in [-0.15, -0.1) is 0 Å². The van der Waals surface area contributed by atoms with Crippen molar-refractivity contribution in [3.05, 3.63) is 90.0 Å².